The van der Waals surface area contributed by atoms with Gasteiger partial charge in [0.15, 0.2) is 16.3 Å². The quantitative estimate of drug-likeness (QED) is 0.621. The maximum Gasteiger partial charge on any atom is 0.332 e. The Morgan fingerprint density at radius 2 is 1.88 bits per heavy atom. The van der Waals surface area contributed by atoms with Crippen molar-refractivity contribution in [2.24, 2.45) is 14.1 Å². The maximum absolute atomic E-state index is 13.9. The first-order valence-electron chi connectivity index (χ1n) is 8.48. The lowest BCUT2D eigenvalue weighted by Gasteiger charge is -2.09. The lowest BCUT2D eigenvalue weighted by atomic mass is 10.2. The molecule has 0 bridgehead atoms. The molecule has 0 atom stereocenters. The highest BCUT2D eigenvalue weighted by molar-refractivity contribution is 7.98. The van der Waals surface area contributed by atoms with E-state index in [4.69, 9.17) is 0 Å². The monoisotopic (exact) mass is 376 g/mol. The molecule has 0 aliphatic carbocycles. The molecule has 1 aromatic carbocycles. The number of fused-ring (bicyclic) bond motifs is 1. The molecule has 2 heterocycles. The van der Waals surface area contributed by atoms with Gasteiger partial charge in [-0.15, -0.1) is 0 Å². The van der Waals surface area contributed by atoms with Crippen molar-refractivity contribution in [2.75, 3.05) is 0 Å². The highest BCUT2D eigenvalue weighted by Gasteiger charge is 2.19. The molecule has 0 aliphatic heterocycles. The molecule has 6 nitrogen and oxygen atoms in total. The number of aromatic nitrogens is 4. The van der Waals surface area contributed by atoms with Crippen molar-refractivity contribution in [2.45, 2.75) is 37.2 Å². The molecular formula is C18H21FN4O2S. The number of rotatable bonds is 6. The summed E-state index contributed by atoms with van der Waals surface area (Å²) < 4.78 is 18.2. The van der Waals surface area contributed by atoms with Crippen LogP contribution in [0.1, 0.15) is 25.3 Å². The Balaban J connectivity index is 2.10. The third-order valence-corrected chi connectivity index (χ3v) is 5.39. The van der Waals surface area contributed by atoms with Gasteiger partial charge in [0.05, 0.1) is 0 Å². The van der Waals surface area contributed by atoms with E-state index in [9.17, 15) is 14.0 Å². The summed E-state index contributed by atoms with van der Waals surface area (Å²) in [6.07, 6.45) is 1.84. The molecule has 0 unspecified atom stereocenters. The van der Waals surface area contributed by atoms with E-state index >= 15 is 0 Å². The number of thioether (sulfide) groups is 1. The molecule has 0 fully saturated rings. The van der Waals surface area contributed by atoms with Gasteiger partial charge in [-0.1, -0.05) is 43.3 Å². The second-order valence-electron chi connectivity index (χ2n) is 6.16. The highest BCUT2D eigenvalue weighted by Crippen LogP contribution is 2.26. The Hall–Kier alpha value is -2.35. The van der Waals surface area contributed by atoms with E-state index in [1.807, 2.05) is 4.57 Å². The summed E-state index contributed by atoms with van der Waals surface area (Å²) in [5, 5.41) is 0.620. The minimum Gasteiger partial charge on any atom is -0.313 e. The average molecular weight is 376 g/mol. The van der Waals surface area contributed by atoms with Gasteiger partial charge >= 0.3 is 5.69 Å². The van der Waals surface area contributed by atoms with Gasteiger partial charge < -0.3 is 4.57 Å². The molecule has 3 rings (SSSR count). The van der Waals surface area contributed by atoms with Crippen molar-refractivity contribution in [3.05, 3.63) is 56.5 Å². The second-order valence-corrected chi connectivity index (χ2v) is 7.10. The van der Waals surface area contributed by atoms with Crippen molar-refractivity contribution < 1.29 is 4.39 Å². The standard InChI is InChI=1S/C18H21FN4O2S/c1-4-5-10-23-14-15(21(2)18(25)22(3)16(14)24)20-17(23)26-11-12-8-6-7-9-13(12)19/h6-9H,4-5,10-11H2,1-3H3. The lowest BCUT2D eigenvalue weighted by Crippen LogP contribution is -2.37. The zero-order valence-electron chi connectivity index (χ0n) is 15.0. The lowest BCUT2D eigenvalue weighted by molar-refractivity contribution is 0.597. The number of aryl methyl sites for hydroxylation is 2. The maximum atomic E-state index is 13.9. The van der Waals surface area contributed by atoms with Crippen molar-refractivity contribution in [3.8, 4) is 0 Å². The zero-order valence-corrected chi connectivity index (χ0v) is 15.8. The largest absolute Gasteiger partial charge is 0.332 e. The molecule has 0 radical (unpaired) electrons. The van der Waals surface area contributed by atoms with Gasteiger partial charge in [-0.05, 0) is 18.1 Å². The van der Waals surface area contributed by atoms with E-state index in [0.717, 1.165) is 17.4 Å². The van der Waals surface area contributed by atoms with E-state index in [-0.39, 0.29) is 11.4 Å². The first-order chi connectivity index (χ1) is 12.5. The van der Waals surface area contributed by atoms with Gasteiger partial charge in [-0.3, -0.25) is 13.9 Å². The Kier molecular flexibility index (Phi) is 5.31. The molecule has 0 amide bonds. The Morgan fingerprint density at radius 1 is 1.15 bits per heavy atom. The van der Waals surface area contributed by atoms with Gasteiger partial charge in [0, 0.05) is 26.4 Å². The topological polar surface area (TPSA) is 61.8 Å². The molecule has 26 heavy (non-hydrogen) atoms. The van der Waals surface area contributed by atoms with E-state index in [1.165, 1.54) is 29.4 Å². The van der Waals surface area contributed by atoms with E-state index in [1.54, 1.807) is 25.2 Å². The van der Waals surface area contributed by atoms with Crippen LogP contribution in [-0.4, -0.2) is 18.7 Å². The van der Waals surface area contributed by atoms with Gasteiger partial charge in [0.25, 0.3) is 5.56 Å². The van der Waals surface area contributed by atoms with Crippen LogP contribution in [0.2, 0.25) is 0 Å². The van der Waals surface area contributed by atoms with Gasteiger partial charge in [-0.25, -0.2) is 14.2 Å². The van der Waals surface area contributed by atoms with Crippen LogP contribution in [0.15, 0.2) is 39.0 Å². The number of benzene rings is 1. The van der Waals surface area contributed by atoms with Gasteiger partial charge in [0.1, 0.15) is 5.82 Å². The fraction of sp³-hybridized carbons (Fsp3) is 0.389. The molecule has 0 saturated carbocycles. The predicted molar refractivity (Wildman–Crippen MR) is 101 cm³/mol. The SMILES string of the molecule is CCCCn1c(SCc2ccccc2F)nc2c1c(=O)n(C)c(=O)n2C. The van der Waals surface area contributed by atoms with Crippen LogP contribution < -0.4 is 11.2 Å². The second kappa shape index (κ2) is 7.49. The first-order valence-corrected chi connectivity index (χ1v) is 9.46. The van der Waals surface area contributed by atoms with Crippen LogP contribution in [0.5, 0.6) is 0 Å². The number of hydrogen-bond acceptors (Lipinski definition) is 4. The Morgan fingerprint density at radius 3 is 2.58 bits per heavy atom. The fourth-order valence-corrected chi connectivity index (χ4v) is 3.83. The van der Waals surface area contributed by atoms with Crippen LogP contribution in [0.25, 0.3) is 11.2 Å². The highest BCUT2D eigenvalue weighted by atomic mass is 32.2. The minimum absolute atomic E-state index is 0.264. The number of nitrogens with zero attached hydrogens (tertiary/aromatic N) is 4. The van der Waals surface area contributed by atoms with Crippen molar-refractivity contribution in [3.63, 3.8) is 0 Å². The van der Waals surface area contributed by atoms with Crippen LogP contribution >= 0.6 is 11.8 Å². The zero-order chi connectivity index (χ0) is 18.8. The third kappa shape index (κ3) is 3.21. The van der Waals surface area contributed by atoms with Crippen LogP contribution in [-0.2, 0) is 26.4 Å². The molecule has 8 heteroatoms. The van der Waals surface area contributed by atoms with Crippen LogP contribution in [0, 0.1) is 5.82 Å². The van der Waals surface area contributed by atoms with Crippen molar-refractivity contribution in [1.29, 1.82) is 0 Å². The molecule has 138 valence electrons. The van der Waals surface area contributed by atoms with Crippen molar-refractivity contribution >= 4 is 22.9 Å². The third-order valence-electron chi connectivity index (χ3n) is 4.36. The summed E-state index contributed by atoms with van der Waals surface area (Å²) in [6, 6.07) is 6.60. The molecule has 0 aliphatic rings. The Labute approximate surface area is 154 Å². The minimum atomic E-state index is -0.409. The van der Waals surface area contributed by atoms with Gasteiger partial charge in [-0.2, -0.15) is 0 Å². The first kappa shape index (κ1) is 18.4. The summed E-state index contributed by atoms with van der Waals surface area (Å²) in [4.78, 5) is 29.4. The normalized spacial score (nSPS) is 11.4. The van der Waals surface area contributed by atoms with E-state index < -0.39 is 5.69 Å². The van der Waals surface area contributed by atoms with Crippen LogP contribution in [0.3, 0.4) is 0 Å². The van der Waals surface area contributed by atoms with E-state index in [0.29, 0.717) is 34.2 Å². The molecule has 3 aromatic rings. The summed E-state index contributed by atoms with van der Waals surface area (Å²) >= 11 is 1.37. The summed E-state index contributed by atoms with van der Waals surface area (Å²) in [5.41, 5.74) is 0.593. The van der Waals surface area contributed by atoms with Crippen LogP contribution in [0.4, 0.5) is 4.39 Å². The van der Waals surface area contributed by atoms with Gasteiger partial charge in [0.2, 0.25) is 0 Å². The molecule has 0 N–H and O–H groups in total. The smallest absolute Gasteiger partial charge is 0.313 e. The summed E-state index contributed by atoms with van der Waals surface area (Å²) in [7, 11) is 3.07. The molecular weight excluding hydrogens is 355 g/mol. The average Bonchev–Trinajstić information content (AvgIpc) is 3.01. The number of halogens is 1. The summed E-state index contributed by atoms with van der Waals surface area (Å²) in [5.74, 6) is 0.135. The molecule has 2 aromatic heterocycles. The Bertz CT molecular complexity index is 1070. The molecule has 0 spiro atoms. The fourth-order valence-electron chi connectivity index (χ4n) is 2.82. The summed E-state index contributed by atoms with van der Waals surface area (Å²) in [6.45, 7) is 2.69. The number of unbranched alkanes of at least 4 members (excludes halogenated alkanes) is 1. The van der Waals surface area contributed by atoms with E-state index in [2.05, 4.69) is 11.9 Å². The predicted octanol–water partition coefficient (Wildman–Crippen LogP) is 2.67. The van der Waals surface area contributed by atoms with Crippen molar-refractivity contribution in [1.82, 2.24) is 18.7 Å². The molecule has 0 saturated heterocycles. The number of hydrogen-bond donors (Lipinski definition) is 0. The number of imidazole rings is 1.